The van der Waals surface area contributed by atoms with E-state index in [0.29, 0.717) is 29.7 Å². The van der Waals surface area contributed by atoms with Crippen LogP contribution in [0.4, 0.5) is 11.4 Å². The number of anilines is 2. The van der Waals surface area contributed by atoms with E-state index in [0.717, 1.165) is 17.1 Å². The molecule has 5 heteroatoms. The topological polar surface area (TPSA) is 39.7 Å². The first-order valence-corrected chi connectivity index (χ1v) is 6.65. The van der Waals surface area contributed by atoms with Crippen molar-refractivity contribution in [2.24, 2.45) is 0 Å². The normalized spacial score (nSPS) is 12.9. The molecular formula is C15H14ClNO3. The lowest BCUT2D eigenvalue weighted by atomic mass is 10.2. The van der Waals surface area contributed by atoms with Crippen LogP contribution < -0.4 is 19.5 Å². The molecule has 2 aromatic carbocycles. The van der Waals surface area contributed by atoms with Crippen molar-refractivity contribution in [1.82, 2.24) is 0 Å². The van der Waals surface area contributed by atoms with E-state index in [-0.39, 0.29) is 0 Å². The summed E-state index contributed by atoms with van der Waals surface area (Å²) < 4.78 is 16.6. The zero-order valence-electron chi connectivity index (χ0n) is 11.0. The zero-order chi connectivity index (χ0) is 13.9. The van der Waals surface area contributed by atoms with Gasteiger partial charge in [-0.2, -0.15) is 0 Å². The Morgan fingerprint density at radius 3 is 2.65 bits per heavy atom. The fourth-order valence-corrected chi connectivity index (χ4v) is 2.38. The highest BCUT2D eigenvalue weighted by molar-refractivity contribution is 6.32. The number of ether oxygens (including phenoxy) is 3. The third kappa shape index (κ3) is 2.34. The van der Waals surface area contributed by atoms with Crippen LogP contribution in [-0.4, -0.2) is 20.3 Å². The Bertz CT molecular complexity index is 631. The molecule has 104 valence electrons. The maximum Gasteiger partial charge on any atom is 0.184 e. The monoisotopic (exact) mass is 291 g/mol. The van der Waals surface area contributed by atoms with Crippen molar-refractivity contribution < 1.29 is 14.2 Å². The summed E-state index contributed by atoms with van der Waals surface area (Å²) in [6, 6.07) is 11.3. The molecule has 0 spiro atoms. The molecule has 2 aromatic rings. The summed E-state index contributed by atoms with van der Waals surface area (Å²) in [4.78, 5) is 0. The summed E-state index contributed by atoms with van der Waals surface area (Å²) in [6.45, 7) is 1.11. The van der Waals surface area contributed by atoms with E-state index in [2.05, 4.69) is 5.32 Å². The molecule has 0 aromatic heterocycles. The lowest BCUT2D eigenvalue weighted by Gasteiger charge is -2.22. The Hall–Kier alpha value is -2.07. The Kier molecular flexibility index (Phi) is 3.56. The molecule has 0 amide bonds. The van der Waals surface area contributed by atoms with Crippen LogP contribution in [-0.2, 0) is 0 Å². The third-order valence-corrected chi connectivity index (χ3v) is 3.30. The molecule has 0 unspecified atom stereocenters. The number of nitrogens with one attached hydrogen (secondary N) is 1. The smallest absolute Gasteiger partial charge is 0.184 e. The van der Waals surface area contributed by atoms with E-state index in [9.17, 15) is 0 Å². The molecule has 0 atom stereocenters. The molecule has 0 radical (unpaired) electrons. The van der Waals surface area contributed by atoms with Gasteiger partial charge in [0.15, 0.2) is 17.2 Å². The second-order valence-corrected chi connectivity index (χ2v) is 4.68. The molecule has 0 fully saturated rings. The van der Waals surface area contributed by atoms with Gasteiger partial charge in [-0.25, -0.2) is 0 Å². The minimum atomic E-state index is 0.540. The Labute approximate surface area is 122 Å². The second-order valence-electron chi connectivity index (χ2n) is 4.28. The van der Waals surface area contributed by atoms with E-state index < -0.39 is 0 Å². The van der Waals surface area contributed by atoms with Crippen LogP contribution in [0.1, 0.15) is 0 Å². The molecular weight excluding hydrogens is 278 g/mol. The summed E-state index contributed by atoms with van der Waals surface area (Å²) in [5.74, 6) is 2.05. The lowest BCUT2D eigenvalue weighted by Crippen LogP contribution is -2.16. The van der Waals surface area contributed by atoms with Gasteiger partial charge in [0.05, 0.1) is 23.5 Å². The standard InChI is InChI=1S/C15H14ClNO3/c1-18-14-10(16)4-2-5-11(14)17-12-6-3-7-13-15(12)20-9-8-19-13/h2-7,17H,8-9H2,1H3. The van der Waals surface area contributed by atoms with Gasteiger partial charge in [0.2, 0.25) is 0 Å². The SMILES string of the molecule is COc1c(Cl)cccc1Nc1cccc2c1OCCO2. The van der Waals surface area contributed by atoms with Crippen LogP contribution in [0.25, 0.3) is 0 Å². The van der Waals surface area contributed by atoms with Crippen molar-refractivity contribution in [2.75, 3.05) is 25.6 Å². The zero-order valence-corrected chi connectivity index (χ0v) is 11.7. The molecule has 0 saturated heterocycles. The number of hydrogen-bond acceptors (Lipinski definition) is 4. The number of para-hydroxylation sites is 2. The molecule has 0 bridgehead atoms. The number of rotatable bonds is 3. The molecule has 20 heavy (non-hydrogen) atoms. The Morgan fingerprint density at radius 1 is 1.05 bits per heavy atom. The van der Waals surface area contributed by atoms with Gasteiger partial charge in [-0.1, -0.05) is 23.7 Å². The van der Waals surface area contributed by atoms with Crippen molar-refractivity contribution in [1.29, 1.82) is 0 Å². The second kappa shape index (κ2) is 5.51. The highest BCUT2D eigenvalue weighted by Crippen LogP contribution is 2.41. The fraction of sp³-hybridized carbons (Fsp3) is 0.200. The van der Waals surface area contributed by atoms with E-state index in [1.54, 1.807) is 13.2 Å². The number of hydrogen-bond donors (Lipinski definition) is 1. The summed E-state index contributed by atoms with van der Waals surface area (Å²) in [7, 11) is 1.59. The van der Waals surface area contributed by atoms with Gasteiger partial charge in [0.1, 0.15) is 13.2 Å². The summed E-state index contributed by atoms with van der Waals surface area (Å²) in [5, 5.41) is 3.83. The predicted molar refractivity (Wildman–Crippen MR) is 78.7 cm³/mol. The summed E-state index contributed by atoms with van der Waals surface area (Å²) in [5.41, 5.74) is 1.60. The van der Waals surface area contributed by atoms with Gasteiger partial charge in [0.25, 0.3) is 0 Å². The van der Waals surface area contributed by atoms with E-state index in [4.69, 9.17) is 25.8 Å². The van der Waals surface area contributed by atoms with Gasteiger partial charge < -0.3 is 19.5 Å². The Morgan fingerprint density at radius 2 is 1.80 bits per heavy atom. The average Bonchev–Trinajstić information content (AvgIpc) is 2.48. The molecule has 1 aliphatic rings. The highest BCUT2D eigenvalue weighted by Gasteiger charge is 2.17. The molecule has 1 N–H and O–H groups in total. The van der Waals surface area contributed by atoms with Crippen LogP contribution in [0.15, 0.2) is 36.4 Å². The summed E-state index contributed by atoms with van der Waals surface area (Å²) in [6.07, 6.45) is 0. The molecule has 4 nitrogen and oxygen atoms in total. The number of methoxy groups -OCH3 is 1. The molecule has 1 heterocycles. The lowest BCUT2D eigenvalue weighted by molar-refractivity contribution is 0.172. The van der Waals surface area contributed by atoms with Crippen molar-refractivity contribution in [2.45, 2.75) is 0 Å². The maximum absolute atomic E-state index is 6.12. The Balaban J connectivity index is 1.98. The van der Waals surface area contributed by atoms with Crippen molar-refractivity contribution in [3.8, 4) is 17.2 Å². The largest absolute Gasteiger partial charge is 0.493 e. The van der Waals surface area contributed by atoms with Gasteiger partial charge in [-0.3, -0.25) is 0 Å². The van der Waals surface area contributed by atoms with Gasteiger partial charge in [-0.05, 0) is 24.3 Å². The quantitative estimate of drug-likeness (QED) is 0.932. The number of halogens is 1. The van der Waals surface area contributed by atoms with E-state index in [1.165, 1.54) is 0 Å². The van der Waals surface area contributed by atoms with Gasteiger partial charge in [0, 0.05) is 0 Å². The van der Waals surface area contributed by atoms with Crippen LogP contribution in [0.5, 0.6) is 17.2 Å². The first kappa shape index (κ1) is 12.9. The van der Waals surface area contributed by atoms with Crippen molar-refractivity contribution in [3.63, 3.8) is 0 Å². The maximum atomic E-state index is 6.12. The first-order chi connectivity index (χ1) is 9.79. The fourth-order valence-electron chi connectivity index (χ4n) is 2.13. The molecule has 3 rings (SSSR count). The van der Waals surface area contributed by atoms with Crippen molar-refractivity contribution in [3.05, 3.63) is 41.4 Å². The van der Waals surface area contributed by atoms with Crippen LogP contribution in [0, 0.1) is 0 Å². The minimum Gasteiger partial charge on any atom is -0.493 e. The van der Waals surface area contributed by atoms with Crippen LogP contribution in [0.2, 0.25) is 5.02 Å². The third-order valence-electron chi connectivity index (χ3n) is 3.01. The average molecular weight is 292 g/mol. The van der Waals surface area contributed by atoms with Gasteiger partial charge >= 0.3 is 0 Å². The van der Waals surface area contributed by atoms with Crippen LogP contribution >= 0.6 is 11.6 Å². The first-order valence-electron chi connectivity index (χ1n) is 6.27. The van der Waals surface area contributed by atoms with Gasteiger partial charge in [-0.15, -0.1) is 0 Å². The number of fused-ring (bicyclic) bond motifs is 1. The van der Waals surface area contributed by atoms with E-state index in [1.807, 2.05) is 30.3 Å². The van der Waals surface area contributed by atoms with Crippen LogP contribution in [0.3, 0.4) is 0 Å². The molecule has 1 aliphatic heterocycles. The van der Waals surface area contributed by atoms with E-state index >= 15 is 0 Å². The minimum absolute atomic E-state index is 0.540. The molecule has 0 saturated carbocycles. The predicted octanol–water partition coefficient (Wildman–Crippen LogP) is 3.86. The summed E-state index contributed by atoms with van der Waals surface area (Å²) >= 11 is 6.12. The highest BCUT2D eigenvalue weighted by atomic mass is 35.5. The molecule has 0 aliphatic carbocycles. The number of benzene rings is 2. The van der Waals surface area contributed by atoms with Crippen molar-refractivity contribution >= 4 is 23.0 Å².